The quantitative estimate of drug-likeness (QED) is 0.330. The Morgan fingerprint density at radius 2 is 1.29 bits per heavy atom. The van der Waals surface area contributed by atoms with Gasteiger partial charge in [-0.05, 0) is 17.5 Å². The molecule has 0 aliphatic carbocycles. The standard InChI is InChI=1S/C22H26N4O5/c23-17(11-15-7-3-1-4-8-15)21(29)25-13-19(27)24-14-20(28)26-18(22(30)31)12-16-9-5-2-6-10-16/h1-10,17-18H,11-14,23H2,(H,24,27)(H,25,29)(H,26,28)(H,30,31)/t17-,18+/m0/s1. The van der Waals surface area contributed by atoms with Crippen molar-refractivity contribution in [2.75, 3.05) is 13.1 Å². The molecule has 0 aromatic heterocycles. The summed E-state index contributed by atoms with van der Waals surface area (Å²) in [5.74, 6) is -2.91. The Labute approximate surface area is 180 Å². The van der Waals surface area contributed by atoms with E-state index in [4.69, 9.17) is 5.73 Å². The average molecular weight is 426 g/mol. The molecule has 2 atom stereocenters. The summed E-state index contributed by atoms with van der Waals surface area (Å²) in [7, 11) is 0. The number of carboxylic acid groups (broad SMARTS) is 1. The van der Waals surface area contributed by atoms with Crippen molar-refractivity contribution >= 4 is 23.7 Å². The predicted octanol–water partition coefficient (Wildman–Crippen LogP) is -0.399. The van der Waals surface area contributed by atoms with E-state index < -0.39 is 42.3 Å². The molecule has 164 valence electrons. The second-order valence-corrected chi connectivity index (χ2v) is 6.94. The number of amides is 3. The minimum Gasteiger partial charge on any atom is -0.480 e. The number of nitrogens with two attached hydrogens (primary N) is 1. The van der Waals surface area contributed by atoms with Crippen LogP contribution in [0.3, 0.4) is 0 Å². The molecule has 0 saturated heterocycles. The molecule has 0 saturated carbocycles. The van der Waals surface area contributed by atoms with Gasteiger partial charge in [-0.1, -0.05) is 60.7 Å². The zero-order valence-electron chi connectivity index (χ0n) is 16.9. The molecule has 0 aliphatic rings. The molecule has 31 heavy (non-hydrogen) atoms. The number of benzene rings is 2. The van der Waals surface area contributed by atoms with Crippen molar-refractivity contribution in [1.82, 2.24) is 16.0 Å². The van der Waals surface area contributed by atoms with Crippen LogP contribution in [0, 0.1) is 0 Å². The summed E-state index contributed by atoms with van der Waals surface area (Å²) < 4.78 is 0. The summed E-state index contributed by atoms with van der Waals surface area (Å²) >= 11 is 0. The highest BCUT2D eigenvalue weighted by atomic mass is 16.4. The first-order chi connectivity index (χ1) is 14.8. The fourth-order valence-corrected chi connectivity index (χ4v) is 2.80. The SMILES string of the molecule is N[C@@H](Cc1ccccc1)C(=O)NCC(=O)NCC(=O)N[C@H](Cc1ccccc1)C(=O)O. The lowest BCUT2D eigenvalue weighted by Crippen LogP contribution is -2.49. The predicted molar refractivity (Wildman–Crippen MR) is 114 cm³/mol. The number of hydrogen-bond donors (Lipinski definition) is 5. The summed E-state index contributed by atoms with van der Waals surface area (Å²) in [5, 5.41) is 16.4. The van der Waals surface area contributed by atoms with Gasteiger partial charge in [-0.2, -0.15) is 0 Å². The molecule has 2 rings (SSSR count). The second-order valence-electron chi connectivity index (χ2n) is 6.94. The Kier molecular flexibility index (Phi) is 9.18. The topological polar surface area (TPSA) is 151 Å². The van der Waals surface area contributed by atoms with Gasteiger partial charge < -0.3 is 26.8 Å². The van der Waals surface area contributed by atoms with Gasteiger partial charge >= 0.3 is 5.97 Å². The number of hydrogen-bond acceptors (Lipinski definition) is 5. The third-order valence-corrected chi connectivity index (χ3v) is 4.42. The van der Waals surface area contributed by atoms with Crippen LogP contribution < -0.4 is 21.7 Å². The number of nitrogens with one attached hydrogen (secondary N) is 3. The maximum atomic E-state index is 12.0. The van der Waals surface area contributed by atoms with Crippen molar-refractivity contribution in [3.05, 3.63) is 71.8 Å². The van der Waals surface area contributed by atoms with E-state index in [9.17, 15) is 24.3 Å². The molecule has 0 radical (unpaired) electrons. The van der Waals surface area contributed by atoms with Gasteiger partial charge in [-0.3, -0.25) is 14.4 Å². The van der Waals surface area contributed by atoms with E-state index in [1.165, 1.54) is 0 Å². The first-order valence-corrected chi connectivity index (χ1v) is 9.75. The minimum absolute atomic E-state index is 0.116. The molecule has 0 heterocycles. The number of carbonyl (C=O) groups is 4. The monoisotopic (exact) mass is 426 g/mol. The summed E-state index contributed by atoms with van der Waals surface area (Å²) in [6, 6.07) is 16.2. The molecule has 9 heteroatoms. The number of aliphatic carboxylic acids is 1. The molecule has 0 bridgehead atoms. The minimum atomic E-state index is -1.18. The van der Waals surface area contributed by atoms with Crippen molar-refractivity contribution in [2.45, 2.75) is 24.9 Å². The van der Waals surface area contributed by atoms with Crippen LogP contribution in [0.5, 0.6) is 0 Å². The van der Waals surface area contributed by atoms with Crippen molar-refractivity contribution in [3.63, 3.8) is 0 Å². The number of carbonyl (C=O) groups excluding carboxylic acids is 3. The number of carboxylic acids is 1. The van der Waals surface area contributed by atoms with Gasteiger partial charge in [-0.25, -0.2) is 4.79 Å². The zero-order valence-corrected chi connectivity index (χ0v) is 16.9. The third kappa shape index (κ3) is 8.67. The van der Waals surface area contributed by atoms with E-state index >= 15 is 0 Å². The molecule has 2 aromatic carbocycles. The Balaban J connectivity index is 1.71. The highest BCUT2D eigenvalue weighted by Gasteiger charge is 2.21. The lowest BCUT2D eigenvalue weighted by molar-refractivity contribution is -0.141. The van der Waals surface area contributed by atoms with Gasteiger partial charge in [0.05, 0.1) is 19.1 Å². The number of rotatable bonds is 11. The average Bonchev–Trinajstić information content (AvgIpc) is 2.76. The summed E-state index contributed by atoms with van der Waals surface area (Å²) in [5.41, 5.74) is 7.50. The fraction of sp³-hybridized carbons (Fsp3) is 0.273. The van der Waals surface area contributed by atoms with E-state index in [0.717, 1.165) is 11.1 Å². The van der Waals surface area contributed by atoms with Crippen molar-refractivity contribution in [3.8, 4) is 0 Å². The fourth-order valence-electron chi connectivity index (χ4n) is 2.80. The van der Waals surface area contributed by atoms with Crippen molar-refractivity contribution in [1.29, 1.82) is 0 Å². The maximum absolute atomic E-state index is 12.0. The van der Waals surface area contributed by atoms with Gasteiger partial charge in [0.1, 0.15) is 6.04 Å². The molecule has 3 amide bonds. The maximum Gasteiger partial charge on any atom is 0.326 e. The van der Waals surface area contributed by atoms with Gasteiger partial charge in [0, 0.05) is 6.42 Å². The van der Waals surface area contributed by atoms with Gasteiger partial charge in [-0.15, -0.1) is 0 Å². The van der Waals surface area contributed by atoms with E-state index in [-0.39, 0.29) is 13.0 Å². The van der Waals surface area contributed by atoms with E-state index in [1.54, 1.807) is 30.3 Å². The lowest BCUT2D eigenvalue weighted by atomic mass is 10.1. The highest BCUT2D eigenvalue weighted by molar-refractivity contribution is 5.90. The van der Waals surface area contributed by atoms with Gasteiger partial charge in [0.15, 0.2) is 0 Å². The summed E-state index contributed by atoms with van der Waals surface area (Å²) in [4.78, 5) is 47.3. The Morgan fingerprint density at radius 1 is 0.774 bits per heavy atom. The highest BCUT2D eigenvalue weighted by Crippen LogP contribution is 2.04. The van der Waals surface area contributed by atoms with Crippen LogP contribution in [0.1, 0.15) is 11.1 Å². The van der Waals surface area contributed by atoms with Crippen LogP contribution in [-0.4, -0.2) is 54.0 Å². The van der Waals surface area contributed by atoms with E-state index in [1.807, 2.05) is 30.3 Å². The van der Waals surface area contributed by atoms with Crippen molar-refractivity contribution in [2.24, 2.45) is 5.73 Å². The molecule has 2 aromatic rings. The third-order valence-electron chi connectivity index (χ3n) is 4.42. The van der Waals surface area contributed by atoms with Gasteiger partial charge in [0.25, 0.3) is 0 Å². The first kappa shape index (κ1) is 23.6. The molecule has 0 spiro atoms. The van der Waals surface area contributed by atoms with Crippen LogP contribution in [0.15, 0.2) is 60.7 Å². The Bertz CT molecular complexity index is 889. The molecule has 6 N–H and O–H groups in total. The van der Waals surface area contributed by atoms with Crippen LogP contribution in [-0.2, 0) is 32.0 Å². The molecule has 9 nitrogen and oxygen atoms in total. The molecular formula is C22H26N4O5. The van der Waals surface area contributed by atoms with E-state index in [0.29, 0.717) is 6.42 Å². The first-order valence-electron chi connectivity index (χ1n) is 9.75. The summed E-state index contributed by atoms with van der Waals surface area (Å²) in [6.07, 6.45) is 0.444. The smallest absolute Gasteiger partial charge is 0.326 e. The van der Waals surface area contributed by atoms with Crippen LogP contribution in [0.25, 0.3) is 0 Å². The summed E-state index contributed by atoms with van der Waals surface area (Å²) in [6.45, 7) is -0.760. The zero-order chi connectivity index (χ0) is 22.6. The molecule has 0 fully saturated rings. The van der Waals surface area contributed by atoms with Crippen molar-refractivity contribution < 1.29 is 24.3 Å². The van der Waals surface area contributed by atoms with Gasteiger partial charge in [0.2, 0.25) is 17.7 Å². The molecule has 0 unspecified atom stereocenters. The Morgan fingerprint density at radius 3 is 1.84 bits per heavy atom. The van der Waals surface area contributed by atoms with E-state index in [2.05, 4.69) is 16.0 Å². The normalized spacial score (nSPS) is 12.3. The second kappa shape index (κ2) is 12.1. The van der Waals surface area contributed by atoms with Crippen LogP contribution >= 0.6 is 0 Å². The van der Waals surface area contributed by atoms with Crippen LogP contribution in [0.2, 0.25) is 0 Å². The lowest BCUT2D eigenvalue weighted by Gasteiger charge is -2.15. The Hall–Kier alpha value is -3.72. The van der Waals surface area contributed by atoms with Crippen LogP contribution in [0.4, 0.5) is 0 Å². The molecule has 0 aliphatic heterocycles. The largest absolute Gasteiger partial charge is 0.480 e. The molecular weight excluding hydrogens is 400 g/mol.